The van der Waals surface area contributed by atoms with Gasteiger partial charge in [0, 0.05) is 26.1 Å². The maximum absolute atomic E-state index is 13.2. The highest BCUT2D eigenvalue weighted by atomic mass is 32.2. The molecule has 0 fully saturated rings. The molecule has 3 aromatic rings. The lowest BCUT2D eigenvalue weighted by Crippen LogP contribution is -2.37. The number of sulfonamides is 1. The first-order valence-corrected chi connectivity index (χ1v) is 11.3. The molecule has 28 heavy (non-hydrogen) atoms. The highest BCUT2D eigenvalue weighted by molar-refractivity contribution is 7.89. The van der Waals surface area contributed by atoms with Gasteiger partial charge in [0.1, 0.15) is 15.5 Å². The van der Waals surface area contributed by atoms with Crippen molar-refractivity contribution < 1.29 is 17.6 Å². The number of carbonyl (C=O) groups is 1. The summed E-state index contributed by atoms with van der Waals surface area (Å²) < 4.78 is 33.1. The average Bonchev–Trinajstić information content (AvgIpc) is 3.39. The monoisotopic (exact) mass is 416 g/mol. The van der Waals surface area contributed by atoms with Gasteiger partial charge in [-0.1, -0.05) is 24.3 Å². The summed E-state index contributed by atoms with van der Waals surface area (Å²) in [7, 11) is -3.74. The molecule has 0 unspecified atom stereocenters. The van der Waals surface area contributed by atoms with Crippen LogP contribution in [0.5, 0.6) is 0 Å². The van der Waals surface area contributed by atoms with Gasteiger partial charge in [0.15, 0.2) is 0 Å². The Bertz CT molecular complexity index is 1070. The summed E-state index contributed by atoms with van der Waals surface area (Å²) in [5.41, 5.74) is 2.19. The molecule has 2 aromatic heterocycles. The molecule has 6 nitrogen and oxygen atoms in total. The first-order chi connectivity index (χ1) is 13.6. The zero-order valence-electron chi connectivity index (χ0n) is 15.1. The summed E-state index contributed by atoms with van der Waals surface area (Å²) >= 11 is 1.14. The van der Waals surface area contributed by atoms with Crippen LogP contribution >= 0.6 is 11.3 Å². The minimum atomic E-state index is -3.74. The molecule has 1 aliphatic heterocycles. The summed E-state index contributed by atoms with van der Waals surface area (Å²) in [4.78, 5) is 12.9. The smallest absolute Gasteiger partial charge is 0.262 e. The number of carbonyl (C=O) groups excluding carboxylic acids is 1. The van der Waals surface area contributed by atoms with E-state index in [-0.39, 0.29) is 15.7 Å². The van der Waals surface area contributed by atoms with Crippen molar-refractivity contribution >= 4 is 27.3 Å². The Morgan fingerprint density at radius 2 is 1.96 bits per heavy atom. The summed E-state index contributed by atoms with van der Waals surface area (Å²) in [6.07, 6.45) is 2.80. The third kappa shape index (κ3) is 3.76. The SMILES string of the molecule is O=C(NCCc1ccco1)c1sccc1S(=O)(=O)N1CCc2ccccc2C1. The van der Waals surface area contributed by atoms with Gasteiger partial charge in [0.2, 0.25) is 10.0 Å². The van der Waals surface area contributed by atoms with Crippen LogP contribution in [0.4, 0.5) is 0 Å². The van der Waals surface area contributed by atoms with E-state index in [0.29, 0.717) is 32.5 Å². The number of hydrogen-bond acceptors (Lipinski definition) is 5. The largest absolute Gasteiger partial charge is 0.469 e. The number of furan rings is 1. The van der Waals surface area contributed by atoms with Crippen molar-refractivity contribution in [2.24, 2.45) is 0 Å². The van der Waals surface area contributed by atoms with E-state index >= 15 is 0 Å². The number of fused-ring (bicyclic) bond motifs is 1. The van der Waals surface area contributed by atoms with Crippen molar-refractivity contribution in [3.8, 4) is 0 Å². The normalized spacial score (nSPS) is 14.6. The Kier molecular flexibility index (Phi) is 5.34. The highest BCUT2D eigenvalue weighted by Gasteiger charge is 2.32. The Hall–Kier alpha value is -2.42. The van der Waals surface area contributed by atoms with Crippen molar-refractivity contribution in [3.63, 3.8) is 0 Å². The fourth-order valence-corrected chi connectivity index (χ4v) is 6.05. The molecule has 0 atom stereocenters. The minimum Gasteiger partial charge on any atom is -0.469 e. The Morgan fingerprint density at radius 1 is 1.14 bits per heavy atom. The first-order valence-electron chi connectivity index (χ1n) is 9.01. The third-order valence-electron chi connectivity index (χ3n) is 4.79. The lowest BCUT2D eigenvalue weighted by Gasteiger charge is -2.28. The van der Waals surface area contributed by atoms with E-state index in [1.165, 1.54) is 15.9 Å². The summed E-state index contributed by atoms with van der Waals surface area (Å²) in [5.74, 6) is 0.392. The van der Waals surface area contributed by atoms with Crippen LogP contribution in [0.2, 0.25) is 0 Å². The van der Waals surface area contributed by atoms with E-state index in [2.05, 4.69) is 5.32 Å². The zero-order chi connectivity index (χ0) is 19.6. The minimum absolute atomic E-state index is 0.0763. The molecular weight excluding hydrogens is 396 g/mol. The second-order valence-electron chi connectivity index (χ2n) is 6.56. The number of amides is 1. The molecule has 146 valence electrons. The van der Waals surface area contributed by atoms with Crippen LogP contribution in [0.25, 0.3) is 0 Å². The van der Waals surface area contributed by atoms with E-state index in [4.69, 9.17) is 4.42 Å². The number of nitrogens with zero attached hydrogens (tertiary/aromatic N) is 1. The van der Waals surface area contributed by atoms with Gasteiger partial charge >= 0.3 is 0 Å². The molecule has 1 aromatic carbocycles. The molecule has 0 aliphatic carbocycles. The van der Waals surface area contributed by atoms with Gasteiger partial charge in [-0.3, -0.25) is 4.79 Å². The van der Waals surface area contributed by atoms with Crippen LogP contribution in [0.1, 0.15) is 26.6 Å². The van der Waals surface area contributed by atoms with Gasteiger partial charge in [0.05, 0.1) is 6.26 Å². The summed E-state index contributed by atoms with van der Waals surface area (Å²) in [6.45, 7) is 1.11. The molecular formula is C20H20N2O4S2. The van der Waals surface area contributed by atoms with Crippen LogP contribution in [0.3, 0.4) is 0 Å². The van der Waals surface area contributed by atoms with Crippen LogP contribution in [0, 0.1) is 0 Å². The van der Waals surface area contributed by atoms with Crippen LogP contribution in [-0.4, -0.2) is 31.7 Å². The van der Waals surface area contributed by atoms with E-state index in [9.17, 15) is 13.2 Å². The van der Waals surface area contributed by atoms with Crippen molar-refractivity contribution in [1.82, 2.24) is 9.62 Å². The van der Waals surface area contributed by atoms with Crippen molar-refractivity contribution in [2.45, 2.75) is 24.3 Å². The third-order valence-corrected chi connectivity index (χ3v) is 7.72. The topological polar surface area (TPSA) is 79.6 Å². The van der Waals surface area contributed by atoms with Crippen molar-refractivity contribution in [1.29, 1.82) is 0 Å². The molecule has 3 heterocycles. The standard InChI is InChI=1S/C20H20N2O4S2/c23-20(21-10-7-17-6-3-12-26-17)19-18(9-13-27-19)28(24,25)22-11-8-15-4-1-2-5-16(15)14-22/h1-6,9,12-13H,7-8,10-11,14H2,(H,21,23). The number of rotatable bonds is 6. The lowest BCUT2D eigenvalue weighted by molar-refractivity contribution is 0.0954. The number of hydrogen-bond donors (Lipinski definition) is 1. The molecule has 0 spiro atoms. The number of benzene rings is 1. The van der Waals surface area contributed by atoms with Crippen molar-refractivity contribution in [2.75, 3.05) is 13.1 Å². The Balaban J connectivity index is 1.49. The lowest BCUT2D eigenvalue weighted by atomic mass is 10.0. The van der Waals surface area contributed by atoms with Gasteiger partial charge in [-0.15, -0.1) is 11.3 Å². The van der Waals surface area contributed by atoms with Gasteiger partial charge in [-0.05, 0) is 41.1 Å². The van der Waals surface area contributed by atoms with Gasteiger partial charge in [-0.2, -0.15) is 4.31 Å². The van der Waals surface area contributed by atoms with Crippen molar-refractivity contribution in [3.05, 3.63) is 75.9 Å². The number of thiophene rings is 1. The second kappa shape index (κ2) is 7.90. The zero-order valence-corrected chi connectivity index (χ0v) is 16.8. The predicted octanol–water partition coefficient (Wildman–Crippen LogP) is 3.06. The predicted molar refractivity (Wildman–Crippen MR) is 107 cm³/mol. The van der Waals surface area contributed by atoms with Gasteiger partial charge < -0.3 is 9.73 Å². The van der Waals surface area contributed by atoms with Crippen LogP contribution in [0.15, 0.2) is 63.4 Å². The van der Waals surface area contributed by atoms with Crippen LogP contribution < -0.4 is 5.32 Å². The Morgan fingerprint density at radius 3 is 2.75 bits per heavy atom. The molecule has 1 aliphatic rings. The van der Waals surface area contributed by atoms with E-state index < -0.39 is 10.0 Å². The maximum Gasteiger partial charge on any atom is 0.262 e. The van der Waals surface area contributed by atoms with Gasteiger partial charge in [0.25, 0.3) is 5.91 Å². The second-order valence-corrected chi connectivity index (χ2v) is 9.38. The highest BCUT2D eigenvalue weighted by Crippen LogP contribution is 2.29. The quantitative estimate of drug-likeness (QED) is 0.670. The van der Waals surface area contributed by atoms with E-state index in [0.717, 1.165) is 22.7 Å². The molecule has 1 amide bonds. The molecule has 0 saturated heterocycles. The molecule has 0 bridgehead atoms. The maximum atomic E-state index is 13.2. The van der Waals surface area contributed by atoms with Gasteiger partial charge in [-0.25, -0.2) is 8.42 Å². The average molecular weight is 417 g/mol. The molecule has 0 saturated carbocycles. The molecule has 1 N–H and O–H groups in total. The fourth-order valence-electron chi connectivity index (χ4n) is 3.31. The summed E-state index contributed by atoms with van der Waals surface area (Å²) in [6, 6.07) is 13.0. The van der Waals surface area contributed by atoms with Crippen LogP contribution in [-0.2, 0) is 29.4 Å². The fraction of sp³-hybridized carbons (Fsp3) is 0.250. The first kappa shape index (κ1) is 18.9. The number of nitrogens with one attached hydrogen (secondary N) is 1. The van der Waals surface area contributed by atoms with E-state index in [1.54, 1.807) is 17.7 Å². The molecule has 0 radical (unpaired) electrons. The Labute approximate surface area is 167 Å². The molecule has 4 rings (SSSR count). The molecule has 8 heteroatoms. The van der Waals surface area contributed by atoms with E-state index in [1.807, 2.05) is 30.3 Å². The summed E-state index contributed by atoms with van der Waals surface area (Å²) in [5, 5.41) is 4.43.